The molecular formula is C15H25N3O2. The molecule has 1 aliphatic carbocycles. The van der Waals surface area contributed by atoms with Crippen LogP contribution in [0.5, 0.6) is 5.88 Å². The summed E-state index contributed by atoms with van der Waals surface area (Å²) >= 11 is 0. The van der Waals surface area contributed by atoms with Gasteiger partial charge in [0.2, 0.25) is 5.88 Å². The van der Waals surface area contributed by atoms with E-state index in [-0.39, 0.29) is 0 Å². The minimum absolute atomic E-state index is 0.539. The fraction of sp³-hybridized carbons (Fsp3) is 0.733. The average molecular weight is 279 g/mol. The maximum atomic E-state index is 10.6. The Morgan fingerprint density at radius 3 is 2.70 bits per heavy atom. The van der Waals surface area contributed by atoms with Gasteiger partial charge in [0, 0.05) is 12.6 Å². The van der Waals surface area contributed by atoms with Crippen molar-refractivity contribution in [2.45, 2.75) is 57.5 Å². The van der Waals surface area contributed by atoms with Crippen LogP contribution in [0.1, 0.15) is 51.9 Å². The fourth-order valence-electron chi connectivity index (χ4n) is 2.54. The van der Waals surface area contributed by atoms with Crippen LogP contribution in [0.25, 0.3) is 0 Å². The van der Waals surface area contributed by atoms with Crippen LogP contribution >= 0.6 is 0 Å². The number of hydrogen-bond acceptors (Lipinski definition) is 5. The van der Waals surface area contributed by atoms with Crippen molar-refractivity contribution in [2.75, 3.05) is 18.5 Å². The molecule has 20 heavy (non-hydrogen) atoms. The van der Waals surface area contributed by atoms with Gasteiger partial charge in [0.05, 0.1) is 12.2 Å². The third kappa shape index (κ3) is 4.63. The number of anilines is 1. The van der Waals surface area contributed by atoms with Gasteiger partial charge in [-0.05, 0) is 19.3 Å². The molecule has 1 aliphatic rings. The van der Waals surface area contributed by atoms with E-state index in [4.69, 9.17) is 4.74 Å². The van der Waals surface area contributed by atoms with Crippen LogP contribution < -0.4 is 10.1 Å². The van der Waals surface area contributed by atoms with E-state index in [1.807, 2.05) is 0 Å². The number of aromatic nitrogens is 2. The smallest absolute Gasteiger partial charge is 0.218 e. The van der Waals surface area contributed by atoms with Crippen LogP contribution in [-0.2, 0) is 0 Å². The van der Waals surface area contributed by atoms with Gasteiger partial charge in [-0.25, -0.2) is 9.97 Å². The summed E-state index contributed by atoms with van der Waals surface area (Å²) in [5.41, 5.74) is -0.605. The number of nitrogens with zero attached hydrogens (tertiary/aromatic N) is 2. The zero-order valence-corrected chi connectivity index (χ0v) is 12.3. The first-order valence-electron chi connectivity index (χ1n) is 7.63. The Kier molecular flexibility index (Phi) is 5.59. The summed E-state index contributed by atoms with van der Waals surface area (Å²) < 4.78 is 5.48. The predicted octanol–water partition coefficient (Wildman–Crippen LogP) is 2.76. The molecule has 0 amide bonds. The lowest BCUT2D eigenvalue weighted by molar-refractivity contribution is 0.0380. The maximum absolute atomic E-state index is 10.6. The van der Waals surface area contributed by atoms with E-state index in [0.29, 0.717) is 24.8 Å². The molecule has 2 rings (SSSR count). The summed E-state index contributed by atoms with van der Waals surface area (Å²) in [5.74, 6) is 1.29. The minimum Gasteiger partial charge on any atom is -0.478 e. The molecule has 0 spiro atoms. The highest BCUT2D eigenvalue weighted by Gasteiger charge is 2.27. The van der Waals surface area contributed by atoms with Crippen LogP contribution in [0, 0.1) is 0 Å². The zero-order chi connectivity index (χ0) is 14.3. The highest BCUT2D eigenvalue weighted by atomic mass is 16.5. The van der Waals surface area contributed by atoms with Crippen molar-refractivity contribution in [1.82, 2.24) is 9.97 Å². The molecule has 0 unspecified atom stereocenters. The van der Waals surface area contributed by atoms with Crippen LogP contribution in [0.2, 0.25) is 0 Å². The highest BCUT2D eigenvalue weighted by molar-refractivity contribution is 5.37. The van der Waals surface area contributed by atoms with E-state index in [9.17, 15) is 5.11 Å². The molecule has 1 heterocycles. The van der Waals surface area contributed by atoms with E-state index in [0.717, 1.165) is 32.1 Å². The van der Waals surface area contributed by atoms with Gasteiger partial charge in [0.1, 0.15) is 12.1 Å². The summed E-state index contributed by atoms with van der Waals surface area (Å²) in [6.45, 7) is 3.25. The molecule has 5 nitrogen and oxygen atoms in total. The number of nitrogens with one attached hydrogen (secondary N) is 1. The van der Waals surface area contributed by atoms with Gasteiger partial charge in [0.25, 0.3) is 0 Å². The lowest BCUT2D eigenvalue weighted by Crippen LogP contribution is -2.36. The van der Waals surface area contributed by atoms with Crippen molar-refractivity contribution in [2.24, 2.45) is 0 Å². The largest absolute Gasteiger partial charge is 0.478 e. The van der Waals surface area contributed by atoms with Crippen LogP contribution in [0.4, 0.5) is 5.82 Å². The number of aliphatic hydroxyl groups is 1. The summed E-state index contributed by atoms with van der Waals surface area (Å²) in [6.07, 6.45) is 8.83. The van der Waals surface area contributed by atoms with E-state index >= 15 is 0 Å². The molecule has 112 valence electrons. The van der Waals surface area contributed by atoms with Crippen molar-refractivity contribution in [3.8, 4) is 5.88 Å². The van der Waals surface area contributed by atoms with Gasteiger partial charge in [-0.15, -0.1) is 0 Å². The molecule has 0 saturated heterocycles. The minimum atomic E-state index is -0.605. The molecule has 1 saturated carbocycles. The molecule has 0 bridgehead atoms. The standard InChI is InChI=1S/C15H25N3O2/c1-2-9-20-14-10-13(17-12-18-14)16-11-15(19)7-5-3-4-6-8-15/h10,12,19H,2-9,11H2,1H3,(H,16,17,18). The number of ether oxygens (including phenoxy) is 1. The molecule has 1 fully saturated rings. The second-order valence-electron chi connectivity index (χ2n) is 5.58. The predicted molar refractivity (Wildman–Crippen MR) is 79.0 cm³/mol. The Hall–Kier alpha value is -1.36. The summed E-state index contributed by atoms with van der Waals surface area (Å²) in [5, 5.41) is 13.8. The Morgan fingerprint density at radius 1 is 1.25 bits per heavy atom. The van der Waals surface area contributed by atoms with E-state index in [1.54, 1.807) is 6.07 Å². The first-order valence-corrected chi connectivity index (χ1v) is 7.63. The maximum Gasteiger partial charge on any atom is 0.218 e. The topological polar surface area (TPSA) is 67.3 Å². The van der Waals surface area contributed by atoms with Crippen LogP contribution in [0.15, 0.2) is 12.4 Å². The number of rotatable bonds is 6. The monoisotopic (exact) mass is 279 g/mol. The van der Waals surface area contributed by atoms with Crippen molar-refractivity contribution < 1.29 is 9.84 Å². The van der Waals surface area contributed by atoms with Gasteiger partial charge in [0.15, 0.2) is 0 Å². The quantitative estimate of drug-likeness (QED) is 0.784. The normalized spacial score (nSPS) is 18.3. The third-order valence-electron chi connectivity index (χ3n) is 3.73. The lowest BCUT2D eigenvalue weighted by Gasteiger charge is -2.27. The van der Waals surface area contributed by atoms with E-state index in [2.05, 4.69) is 22.2 Å². The van der Waals surface area contributed by atoms with Gasteiger partial charge >= 0.3 is 0 Å². The lowest BCUT2D eigenvalue weighted by atomic mass is 9.94. The summed E-state index contributed by atoms with van der Waals surface area (Å²) in [7, 11) is 0. The molecule has 0 radical (unpaired) electrons. The van der Waals surface area contributed by atoms with E-state index in [1.165, 1.54) is 19.2 Å². The molecule has 1 aromatic heterocycles. The third-order valence-corrected chi connectivity index (χ3v) is 3.73. The first-order chi connectivity index (χ1) is 9.72. The van der Waals surface area contributed by atoms with Crippen molar-refractivity contribution in [1.29, 1.82) is 0 Å². The van der Waals surface area contributed by atoms with Gasteiger partial charge in [-0.2, -0.15) is 0 Å². The van der Waals surface area contributed by atoms with Gasteiger partial charge in [-0.1, -0.05) is 32.6 Å². The van der Waals surface area contributed by atoms with Crippen molar-refractivity contribution in [3.05, 3.63) is 12.4 Å². The second kappa shape index (κ2) is 7.43. The van der Waals surface area contributed by atoms with Gasteiger partial charge in [-0.3, -0.25) is 0 Å². The van der Waals surface area contributed by atoms with Crippen LogP contribution in [-0.4, -0.2) is 33.8 Å². The molecule has 2 N–H and O–H groups in total. The SMILES string of the molecule is CCCOc1cc(NCC2(O)CCCCCC2)ncn1. The average Bonchev–Trinajstić information content (AvgIpc) is 2.69. The summed E-state index contributed by atoms with van der Waals surface area (Å²) in [6, 6.07) is 1.79. The number of hydrogen-bond donors (Lipinski definition) is 2. The zero-order valence-electron chi connectivity index (χ0n) is 12.3. The Bertz CT molecular complexity index is 404. The van der Waals surface area contributed by atoms with Crippen LogP contribution in [0.3, 0.4) is 0 Å². The summed E-state index contributed by atoms with van der Waals surface area (Å²) in [4.78, 5) is 8.24. The van der Waals surface area contributed by atoms with Crippen molar-refractivity contribution >= 4 is 5.82 Å². The van der Waals surface area contributed by atoms with Crippen molar-refractivity contribution in [3.63, 3.8) is 0 Å². The Morgan fingerprint density at radius 2 is 2.00 bits per heavy atom. The molecule has 0 atom stereocenters. The second-order valence-corrected chi connectivity index (χ2v) is 5.58. The van der Waals surface area contributed by atoms with E-state index < -0.39 is 5.60 Å². The Labute approximate surface area is 120 Å². The molecular weight excluding hydrogens is 254 g/mol. The fourth-order valence-corrected chi connectivity index (χ4v) is 2.54. The molecule has 1 aromatic rings. The van der Waals surface area contributed by atoms with Gasteiger partial charge < -0.3 is 15.2 Å². The highest BCUT2D eigenvalue weighted by Crippen LogP contribution is 2.27. The first kappa shape index (κ1) is 15.0. The molecule has 0 aromatic carbocycles. The Balaban J connectivity index is 1.89. The molecule has 5 heteroatoms. The molecule has 0 aliphatic heterocycles.